The third-order valence-electron chi connectivity index (χ3n) is 5.72. The summed E-state index contributed by atoms with van der Waals surface area (Å²) in [5.41, 5.74) is 0. The molecular formula is C23H36N12O. The molecule has 1 rings (SSSR count). The van der Waals surface area contributed by atoms with Gasteiger partial charge in [-0.15, -0.1) is 0 Å². The lowest BCUT2D eigenvalue weighted by atomic mass is 10.4. The molecule has 0 radical (unpaired) electrons. The van der Waals surface area contributed by atoms with Crippen LogP contribution >= 0.6 is 0 Å². The Bertz CT molecular complexity index is 808. The van der Waals surface area contributed by atoms with E-state index in [1.807, 2.05) is 9.80 Å². The highest BCUT2D eigenvalue weighted by atomic mass is 16.2. The number of hydrogen-bond acceptors (Lipinski definition) is 8. The van der Waals surface area contributed by atoms with Crippen molar-refractivity contribution in [3.05, 3.63) is 34.3 Å². The second kappa shape index (κ2) is 19.8. The number of carbonyl (C=O) groups excluding carboxylic acids is 1. The average molecular weight is 497 g/mol. The van der Waals surface area contributed by atoms with Crippen LogP contribution in [0, 0.1) is 42.4 Å². The van der Waals surface area contributed by atoms with E-state index >= 15 is 0 Å². The van der Waals surface area contributed by atoms with Crippen molar-refractivity contribution in [1.82, 2.24) is 35.1 Å². The summed E-state index contributed by atoms with van der Waals surface area (Å²) in [4.78, 5) is 32.6. The largest absolute Gasteiger partial charge is 0.322 e. The van der Waals surface area contributed by atoms with Crippen LogP contribution in [0.5, 0.6) is 0 Å². The van der Waals surface area contributed by atoms with E-state index in [1.54, 1.807) is 9.80 Å². The fourth-order valence-electron chi connectivity index (χ4n) is 3.69. The average Bonchev–Trinajstić information content (AvgIpc) is 3.23. The summed E-state index contributed by atoms with van der Waals surface area (Å²) in [6.45, 7) is 30.0. The van der Waals surface area contributed by atoms with Gasteiger partial charge in [0, 0.05) is 78.5 Å². The van der Waals surface area contributed by atoms with Crippen LogP contribution in [0.15, 0.2) is 0 Å². The first-order valence-electron chi connectivity index (χ1n) is 12.0. The third-order valence-corrected chi connectivity index (χ3v) is 5.72. The molecule has 1 aliphatic heterocycles. The predicted molar refractivity (Wildman–Crippen MR) is 135 cm³/mol. The van der Waals surface area contributed by atoms with Gasteiger partial charge < -0.3 is 20.4 Å². The summed E-state index contributed by atoms with van der Waals surface area (Å²) >= 11 is 0. The highest BCUT2D eigenvalue weighted by molar-refractivity contribution is 5.76. The lowest BCUT2D eigenvalue weighted by Gasteiger charge is -2.26. The van der Waals surface area contributed by atoms with E-state index in [0.717, 1.165) is 13.1 Å². The highest BCUT2D eigenvalue weighted by Crippen LogP contribution is 2.09. The summed E-state index contributed by atoms with van der Waals surface area (Å²) in [7, 11) is 0. The van der Waals surface area contributed by atoms with Crippen molar-refractivity contribution in [3.8, 4) is 12.1 Å². The molecule has 0 spiro atoms. The van der Waals surface area contributed by atoms with Crippen molar-refractivity contribution in [2.24, 2.45) is 0 Å². The quantitative estimate of drug-likeness (QED) is 0.131. The fourth-order valence-corrected chi connectivity index (χ4v) is 3.69. The summed E-state index contributed by atoms with van der Waals surface area (Å²) in [5, 5.41) is 23.5. The van der Waals surface area contributed by atoms with Gasteiger partial charge in [-0.05, 0) is 0 Å². The van der Waals surface area contributed by atoms with E-state index in [4.69, 9.17) is 30.2 Å². The maximum Gasteiger partial charge on any atom is 0.320 e. The van der Waals surface area contributed by atoms with Gasteiger partial charge >= 0.3 is 6.03 Å². The molecule has 0 aromatic carbocycles. The Kier molecular flexibility index (Phi) is 16.8. The highest BCUT2D eigenvalue weighted by Gasteiger charge is 2.28. The summed E-state index contributed by atoms with van der Waals surface area (Å²) in [6.07, 6.45) is 0. The first-order chi connectivity index (χ1) is 17.6. The van der Waals surface area contributed by atoms with Crippen molar-refractivity contribution >= 4 is 6.03 Å². The Hall–Kier alpha value is -3.48. The molecule has 0 bridgehead atoms. The number of urea groups is 1. The van der Waals surface area contributed by atoms with E-state index < -0.39 is 0 Å². The zero-order valence-electron chi connectivity index (χ0n) is 20.9. The Labute approximate surface area is 214 Å². The molecule has 1 heterocycles. The van der Waals surface area contributed by atoms with Crippen LogP contribution in [-0.4, -0.2) is 142 Å². The monoisotopic (exact) mass is 496 g/mol. The van der Waals surface area contributed by atoms with Crippen LogP contribution in [0.25, 0.3) is 14.5 Å². The summed E-state index contributed by atoms with van der Waals surface area (Å²) < 4.78 is 0. The number of rotatable bonds is 20. The molecule has 1 aliphatic rings. The van der Waals surface area contributed by atoms with E-state index in [1.165, 1.54) is 0 Å². The van der Waals surface area contributed by atoms with Crippen LogP contribution in [0.2, 0.25) is 0 Å². The molecular weight excluding hydrogens is 460 g/mol. The van der Waals surface area contributed by atoms with Gasteiger partial charge in [0.15, 0.2) is 0 Å². The maximum atomic E-state index is 12.9. The zero-order chi connectivity index (χ0) is 26.4. The van der Waals surface area contributed by atoms with Crippen LogP contribution in [0.3, 0.4) is 0 Å². The third kappa shape index (κ3) is 12.8. The molecule has 194 valence electrons. The van der Waals surface area contributed by atoms with Gasteiger partial charge in [-0.25, -0.2) is 29.4 Å². The molecule has 2 N–H and O–H groups in total. The summed E-state index contributed by atoms with van der Waals surface area (Å²) in [5.74, 6) is 0. The molecule has 36 heavy (non-hydrogen) atoms. The number of nitrogens with zero attached hydrogens (tertiary/aromatic N) is 10. The Morgan fingerprint density at radius 3 is 1.64 bits per heavy atom. The van der Waals surface area contributed by atoms with E-state index in [9.17, 15) is 4.79 Å². The Morgan fingerprint density at radius 2 is 1.17 bits per heavy atom. The van der Waals surface area contributed by atoms with Crippen molar-refractivity contribution in [3.63, 3.8) is 0 Å². The molecule has 13 nitrogen and oxygen atoms in total. The lowest BCUT2D eigenvalue weighted by molar-refractivity contribution is 0.174. The first-order valence-corrected chi connectivity index (χ1v) is 12.0. The second-order valence-corrected chi connectivity index (χ2v) is 8.18. The topological polar surface area (TPSA) is 118 Å². The van der Waals surface area contributed by atoms with Gasteiger partial charge in [0.1, 0.15) is 0 Å². The number of amides is 2. The Morgan fingerprint density at radius 1 is 0.722 bits per heavy atom. The molecule has 0 unspecified atom stereocenters. The number of nitriles is 2. The van der Waals surface area contributed by atoms with Gasteiger partial charge in [0.2, 0.25) is 0 Å². The van der Waals surface area contributed by atoms with Gasteiger partial charge in [0.05, 0.1) is 25.2 Å². The van der Waals surface area contributed by atoms with Gasteiger partial charge in [0.25, 0.3) is 20.0 Å². The molecule has 2 amide bonds. The van der Waals surface area contributed by atoms with Gasteiger partial charge in [-0.2, -0.15) is 15.4 Å². The van der Waals surface area contributed by atoms with Crippen molar-refractivity contribution in [2.45, 2.75) is 0 Å². The van der Waals surface area contributed by atoms with Crippen LogP contribution < -0.4 is 10.6 Å². The molecule has 0 aliphatic carbocycles. The van der Waals surface area contributed by atoms with Gasteiger partial charge in [-0.3, -0.25) is 19.4 Å². The standard InChI is InChI=1S/C23H36N12O/c1-26-20-32(12-13-33(21-27-2)22-28-3)15-17-35-19-18-34(23(35)36)16-14-31(10-8-29-6-4-24)11-9-30-7-5-25/h29-30H,6-22H2. The summed E-state index contributed by atoms with van der Waals surface area (Å²) in [6, 6.07) is 4.11. The molecule has 1 fully saturated rings. The van der Waals surface area contributed by atoms with Gasteiger partial charge in [-0.1, -0.05) is 0 Å². The van der Waals surface area contributed by atoms with Crippen LogP contribution in [0.4, 0.5) is 4.79 Å². The predicted octanol–water partition coefficient (Wildman–Crippen LogP) is -0.513. The van der Waals surface area contributed by atoms with E-state index in [0.29, 0.717) is 78.5 Å². The normalized spacial score (nSPS) is 13.0. The minimum absolute atomic E-state index is 0.00874. The van der Waals surface area contributed by atoms with Crippen LogP contribution in [-0.2, 0) is 0 Å². The number of nitrogens with one attached hydrogen (secondary N) is 2. The SMILES string of the molecule is [C-]#[N+]CN(CCN(C[N+]#[C-])C[N+]#[C-])CCN1CCN(CCN(CCNCC#N)CCNCC#N)C1=O. The maximum absolute atomic E-state index is 12.9. The minimum Gasteiger partial charge on any atom is -0.322 e. The molecule has 0 aromatic rings. The van der Waals surface area contributed by atoms with Crippen LogP contribution in [0.1, 0.15) is 0 Å². The molecule has 0 aromatic heterocycles. The molecule has 1 saturated heterocycles. The van der Waals surface area contributed by atoms with Crippen molar-refractivity contribution in [1.29, 1.82) is 10.5 Å². The molecule has 0 saturated carbocycles. The van der Waals surface area contributed by atoms with Crippen molar-refractivity contribution in [2.75, 3.05) is 112 Å². The fraction of sp³-hybridized carbons (Fsp3) is 0.739. The Balaban J connectivity index is 2.50. The molecule has 13 heteroatoms. The van der Waals surface area contributed by atoms with E-state index in [2.05, 4.69) is 42.2 Å². The zero-order valence-corrected chi connectivity index (χ0v) is 20.9. The smallest absolute Gasteiger partial charge is 0.320 e. The van der Waals surface area contributed by atoms with Crippen molar-refractivity contribution < 1.29 is 4.79 Å². The minimum atomic E-state index is -0.00874. The lowest BCUT2D eigenvalue weighted by Crippen LogP contribution is -2.43. The molecule has 0 atom stereocenters. The second-order valence-electron chi connectivity index (χ2n) is 8.18. The van der Waals surface area contributed by atoms with E-state index in [-0.39, 0.29) is 26.0 Å². The number of hydrogen-bond donors (Lipinski definition) is 2. The first kappa shape index (κ1) is 30.6. The number of carbonyl (C=O) groups is 1.